The molecule has 1 aliphatic rings. The van der Waals surface area contributed by atoms with Gasteiger partial charge in [-0.3, -0.25) is 4.79 Å². The number of carboxylic acids is 1. The van der Waals surface area contributed by atoms with Gasteiger partial charge in [-0.25, -0.2) is 4.79 Å². The number of benzene rings is 1. The fraction of sp³-hybridized carbons (Fsp3) is 0.474. The molecule has 0 aromatic heterocycles. The van der Waals surface area contributed by atoms with Crippen LogP contribution in [0, 0.1) is 17.8 Å². The third kappa shape index (κ3) is 4.29. The molecule has 24 heavy (non-hydrogen) atoms. The Balaban J connectivity index is 2.19. The second-order valence-corrected chi connectivity index (χ2v) is 6.33. The van der Waals surface area contributed by atoms with E-state index in [-0.39, 0.29) is 17.5 Å². The molecule has 1 N–H and O–H groups in total. The van der Waals surface area contributed by atoms with Crippen LogP contribution < -0.4 is 4.74 Å². The maximum atomic E-state index is 12.3. The van der Waals surface area contributed by atoms with Crippen molar-refractivity contribution in [2.75, 3.05) is 13.7 Å². The summed E-state index contributed by atoms with van der Waals surface area (Å²) in [5, 5.41) is 9.03. The topological polar surface area (TPSA) is 66.8 Å². The first kappa shape index (κ1) is 17.9. The Morgan fingerprint density at radius 3 is 2.79 bits per heavy atom. The van der Waals surface area contributed by atoms with Crippen molar-refractivity contribution in [1.82, 2.24) is 4.90 Å². The summed E-state index contributed by atoms with van der Waals surface area (Å²) < 4.78 is 5.23. The lowest BCUT2D eigenvalue weighted by atomic mass is 10.1. The zero-order chi connectivity index (χ0) is 17.7. The summed E-state index contributed by atoms with van der Waals surface area (Å²) in [5.41, 5.74) is 0.790. The molecule has 1 atom stereocenters. The Hall–Kier alpha value is -2.48. The van der Waals surface area contributed by atoms with Crippen molar-refractivity contribution < 1.29 is 19.4 Å². The van der Waals surface area contributed by atoms with Crippen LogP contribution in [-0.2, 0) is 4.79 Å². The molecule has 0 radical (unpaired) electrons. The van der Waals surface area contributed by atoms with Gasteiger partial charge in [-0.2, -0.15) is 0 Å². The fourth-order valence-electron chi connectivity index (χ4n) is 2.77. The Morgan fingerprint density at radius 2 is 2.17 bits per heavy atom. The Labute approximate surface area is 142 Å². The van der Waals surface area contributed by atoms with Crippen LogP contribution in [0.5, 0.6) is 5.75 Å². The zero-order valence-electron chi connectivity index (χ0n) is 14.3. The van der Waals surface area contributed by atoms with Crippen LogP contribution >= 0.6 is 0 Å². The van der Waals surface area contributed by atoms with Crippen molar-refractivity contribution in [3.8, 4) is 17.6 Å². The van der Waals surface area contributed by atoms with Crippen molar-refractivity contribution in [2.24, 2.45) is 5.92 Å². The van der Waals surface area contributed by atoms with Gasteiger partial charge in [0.1, 0.15) is 5.75 Å². The van der Waals surface area contributed by atoms with Crippen LogP contribution in [0.1, 0.15) is 49.0 Å². The van der Waals surface area contributed by atoms with E-state index in [2.05, 4.69) is 11.8 Å². The van der Waals surface area contributed by atoms with Crippen molar-refractivity contribution in [3.63, 3.8) is 0 Å². The highest BCUT2D eigenvalue weighted by Crippen LogP contribution is 2.22. The Morgan fingerprint density at radius 1 is 1.42 bits per heavy atom. The highest BCUT2D eigenvalue weighted by molar-refractivity contribution is 5.88. The van der Waals surface area contributed by atoms with Gasteiger partial charge < -0.3 is 14.7 Å². The SMILES string of the molecule is COc1cc(C(=O)O)ccc1C#CC1CCCN1C(=O)CC(C)C. The normalized spacial score (nSPS) is 16.7. The van der Waals surface area contributed by atoms with Crippen LogP contribution in [-0.4, -0.2) is 41.6 Å². The largest absolute Gasteiger partial charge is 0.495 e. The molecule has 1 heterocycles. The molecule has 1 unspecified atom stereocenters. The summed E-state index contributed by atoms with van der Waals surface area (Å²) in [6.45, 7) is 4.81. The molecule has 1 fully saturated rings. The van der Waals surface area contributed by atoms with Gasteiger partial charge in [-0.05, 0) is 37.0 Å². The van der Waals surface area contributed by atoms with E-state index < -0.39 is 5.97 Å². The lowest BCUT2D eigenvalue weighted by molar-refractivity contribution is -0.131. The predicted octanol–water partition coefficient (Wildman–Crippen LogP) is 2.78. The molecule has 1 aliphatic heterocycles. The number of carbonyl (C=O) groups is 2. The van der Waals surface area contributed by atoms with E-state index in [0.717, 1.165) is 19.4 Å². The van der Waals surface area contributed by atoms with Gasteiger partial charge in [0.05, 0.1) is 24.3 Å². The monoisotopic (exact) mass is 329 g/mol. The molecular formula is C19H23NO4. The van der Waals surface area contributed by atoms with Crippen molar-refractivity contribution in [3.05, 3.63) is 29.3 Å². The van der Waals surface area contributed by atoms with Gasteiger partial charge in [0.25, 0.3) is 0 Å². The molecule has 1 aromatic rings. The molecule has 0 aliphatic carbocycles. The van der Waals surface area contributed by atoms with E-state index in [1.807, 2.05) is 18.7 Å². The average molecular weight is 329 g/mol. The molecule has 1 aromatic carbocycles. The van der Waals surface area contributed by atoms with Crippen LogP contribution in [0.2, 0.25) is 0 Å². The molecule has 0 bridgehead atoms. The van der Waals surface area contributed by atoms with Crippen LogP contribution in [0.3, 0.4) is 0 Å². The van der Waals surface area contributed by atoms with Crippen LogP contribution in [0.15, 0.2) is 18.2 Å². The predicted molar refractivity (Wildman–Crippen MR) is 91.0 cm³/mol. The first-order chi connectivity index (χ1) is 11.4. The minimum Gasteiger partial charge on any atom is -0.495 e. The number of carboxylic acid groups (broad SMARTS) is 1. The fourth-order valence-corrected chi connectivity index (χ4v) is 2.77. The van der Waals surface area contributed by atoms with E-state index in [9.17, 15) is 9.59 Å². The van der Waals surface area contributed by atoms with Gasteiger partial charge in [0.2, 0.25) is 5.91 Å². The molecule has 5 nitrogen and oxygen atoms in total. The maximum Gasteiger partial charge on any atom is 0.335 e. The van der Waals surface area contributed by atoms with Crippen LogP contribution in [0.4, 0.5) is 0 Å². The summed E-state index contributed by atoms with van der Waals surface area (Å²) >= 11 is 0. The van der Waals surface area contributed by atoms with Crippen molar-refractivity contribution in [1.29, 1.82) is 0 Å². The van der Waals surface area contributed by atoms with E-state index >= 15 is 0 Å². The van der Waals surface area contributed by atoms with Gasteiger partial charge in [-0.15, -0.1) is 0 Å². The molecule has 1 saturated heterocycles. The number of aromatic carboxylic acids is 1. The second kappa shape index (κ2) is 7.87. The van der Waals surface area contributed by atoms with Crippen molar-refractivity contribution in [2.45, 2.75) is 39.2 Å². The highest BCUT2D eigenvalue weighted by atomic mass is 16.5. The van der Waals surface area contributed by atoms with Crippen molar-refractivity contribution >= 4 is 11.9 Å². The summed E-state index contributed by atoms with van der Waals surface area (Å²) in [6, 6.07) is 4.53. The standard InChI is InChI=1S/C19H23NO4/c1-13(2)11-18(21)20-10-4-5-16(20)9-8-14-6-7-15(19(22)23)12-17(14)24-3/h6-7,12-13,16H,4-5,10-11H2,1-3H3,(H,22,23). The number of hydrogen-bond donors (Lipinski definition) is 1. The Bertz CT molecular complexity index is 684. The smallest absolute Gasteiger partial charge is 0.335 e. The van der Waals surface area contributed by atoms with E-state index in [1.54, 1.807) is 6.07 Å². The molecule has 5 heteroatoms. The third-order valence-corrected chi connectivity index (χ3v) is 3.98. The van der Waals surface area contributed by atoms with Crippen LogP contribution in [0.25, 0.3) is 0 Å². The molecule has 2 rings (SSSR count). The maximum absolute atomic E-state index is 12.3. The molecular weight excluding hydrogens is 306 g/mol. The van der Waals surface area contributed by atoms with Gasteiger partial charge >= 0.3 is 5.97 Å². The lowest BCUT2D eigenvalue weighted by Gasteiger charge is -2.21. The third-order valence-electron chi connectivity index (χ3n) is 3.98. The quantitative estimate of drug-likeness (QED) is 0.863. The first-order valence-corrected chi connectivity index (χ1v) is 8.14. The number of amides is 1. The lowest BCUT2D eigenvalue weighted by Crippen LogP contribution is -2.35. The number of carbonyl (C=O) groups excluding carboxylic acids is 1. The molecule has 0 spiro atoms. The summed E-state index contributed by atoms with van der Waals surface area (Å²) in [6.07, 6.45) is 2.36. The first-order valence-electron chi connectivity index (χ1n) is 8.14. The van der Waals surface area contributed by atoms with Gasteiger partial charge in [0, 0.05) is 13.0 Å². The second-order valence-electron chi connectivity index (χ2n) is 6.33. The summed E-state index contributed by atoms with van der Waals surface area (Å²) in [7, 11) is 1.49. The summed E-state index contributed by atoms with van der Waals surface area (Å²) in [4.78, 5) is 25.2. The Kier molecular flexibility index (Phi) is 5.86. The van der Waals surface area contributed by atoms with Gasteiger partial charge in [-0.1, -0.05) is 25.7 Å². The number of nitrogens with zero attached hydrogens (tertiary/aromatic N) is 1. The number of rotatable bonds is 4. The zero-order valence-corrected chi connectivity index (χ0v) is 14.3. The van der Waals surface area contributed by atoms with E-state index in [0.29, 0.717) is 23.7 Å². The number of methoxy groups -OCH3 is 1. The van der Waals surface area contributed by atoms with E-state index in [1.165, 1.54) is 19.2 Å². The molecule has 1 amide bonds. The van der Waals surface area contributed by atoms with Gasteiger partial charge in [0.15, 0.2) is 0 Å². The van der Waals surface area contributed by atoms with E-state index in [4.69, 9.17) is 9.84 Å². The molecule has 128 valence electrons. The number of hydrogen-bond acceptors (Lipinski definition) is 3. The minimum absolute atomic E-state index is 0.0832. The summed E-state index contributed by atoms with van der Waals surface area (Å²) in [5.74, 6) is 6.10. The number of ether oxygens (including phenoxy) is 1. The number of likely N-dealkylation sites (tertiary alicyclic amines) is 1. The highest BCUT2D eigenvalue weighted by Gasteiger charge is 2.27. The minimum atomic E-state index is -1.01. The average Bonchev–Trinajstić information content (AvgIpc) is 3.00. The molecule has 0 saturated carbocycles.